The van der Waals surface area contributed by atoms with E-state index in [1.807, 2.05) is 0 Å². The minimum absolute atomic E-state index is 0.594. The number of hydrogen-bond donors (Lipinski definition) is 1. The third-order valence-electron chi connectivity index (χ3n) is 3.99. The minimum atomic E-state index is 0.594. The molecule has 3 fully saturated rings. The number of hydrogen-bond acceptors (Lipinski definition) is 2. The molecular weight excluding hydrogens is 184 g/mol. The summed E-state index contributed by atoms with van der Waals surface area (Å²) in [4.78, 5) is 2.55. The molecule has 0 spiro atoms. The number of benzene rings is 1. The van der Waals surface area contributed by atoms with E-state index >= 15 is 0 Å². The molecule has 0 amide bonds. The van der Waals surface area contributed by atoms with E-state index in [0.717, 1.165) is 18.5 Å². The second kappa shape index (κ2) is 3.24. The van der Waals surface area contributed by atoms with Crippen LogP contribution in [0.15, 0.2) is 24.3 Å². The van der Waals surface area contributed by atoms with E-state index in [1.165, 1.54) is 24.1 Å². The van der Waals surface area contributed by atoms with Crippen molar-refractivity contribution in [2.75, 3.05) is 11.4 Å². The van der Waals surface area contributed by atoms with Crippen LogP contribution in [0, 0.1) is 12.8 Å². The maximum atomic E-state index is 5.88. The van der Waals surface area contributed by atoms with Crippen molar-refractivity contribution in [3.63, 3.8) is 0 Å². The predicted octanol–water partition coefficient (Wildman–Crippen LogP) is 1.92. The third-order valence-corrected chi connectivity index (χ3v) is 3.99. The SMILES string of the molecule is Cc1cccc(N2C3CC(C3)C2CN)c1. The summed E-state index contributed by atoms with van der Waals surface area (Å²) in [5, 5.41) is 0. The second-order valence-corrected chi connectivity index (χ2v) is 4.93. The third kappa shape index (κ3) is 1.28. The number of aryl methyl sites for hydroxylation is 1. The smallest absolute Gasteiger partial charge is 0.0445 e. The van der Waals surface area contributed by atoms with Crippen LogP contribution in [0.4, 0.5) is 5.69 Å². The van der Waals surface area contributed by atoms with Gasteiger partial charge in [-0.25, -0.2) is 0 Å². The molecule has 80 valence electrons. The molecule has 2 N–H and O–H groups in total. The van der Waals surface area contributed by atoms with Crippen molar-refractivity contribution in [1.82, 2.24) is 0 Å². The van der Waals surface area contributed by atoms with Gasteiger partial charge in [0.2, 0.25) is 0 Å². The molecule has 1 aliphatic carbocycles. The minimum Gasteiger partial charge on any atom is -0.364 e. The lowest BCUT2D eigenvalue weighted by atomic mass is 9.83. The highest BCUT2D eigenvalue weighted by molar-refractivity contribution is 5.53. The molecule has 1 saturated carbocycles. The summed E-state index contributed by atoms with van der Waals surface area (Å²) < 4.78 is 0. The molecule has 2 bridgehead atoms. The summed E-state index contributed by atoms with van der Waals surface area (Å²) in [5.41, 5.74) is 8.59. The van der Waals surface area contributed by atoms with Crippen molar-refractivity contribution in [1.29, 1.82) is 0 Å². The molecule has 1 unspecified atom stereocenters. The average molecular weight is 202 g/mol. The summed E-state index contributed by atoms with van der Waals surface area (Å²) in [6.45, 7) is 2.95. The molecule has 4 rings (SSSR count). The first-order valence-electron chi connectivity index (χ1n) is 5.84. The van der Waals surface area contributed by atoms with Crippen molar-refractivity contribution in [2.24, 2.45) is 11.7 Å². The van der Waals surface area contributed by atoms with Crippen molar-refractivity contribution >= 4 is 5.69 Å². The van der Waals surface area contributed by atoms with Crippen molar-refractivity contribution in [2.45, 2.75) is 31.8 Å². The zero-order valence-corrected chi connectivity index (χ0v) is 9.19. The van der Waals surface area contributed by atoms with Gasteiger partial charge in [-0.05, 0) is 43.4 Å². The Kier molecular flexibility index (Phi) is 1.99. The molecule has 1 atom stereocenters. The second-order valence-electron chi connectivity index (χ2n) is 4.93. The Balaban J connectivity index is 1.93. The number of anilines is 1. The van der Waals surface area contributed by atoms with Crippen LogP contribution in [0.1, 0.15) is 18.4 Å². The van der Waals surface area contributed by atoms with E-state index < -0.39 is 0 Å². The number of fused-ring (bicyclic) bond motifs is 1. The van der Waals surface area contributed by atoms with Gasteiger partial charge >= 0.3 is 0 Å². The molecule has 2 heteroatoms. The molecule has 15 heavy (non-hydrogen) atoms. The van der Waals surface area contributed by atoms with Gasteiger partial charge in [0.1, 0.15) is 0 Å². The van der Waals surface area contributed by atoms with E-state index in [9.17, 15) is 0 Å². The van der Waals surface area contributed by atoms with E-state index in [4.69, 9.17) is 5.73 Å². The number of nitrogens with two attached hydrogens (primary N) is 1. The molecule has 2 aliphatic heterocycles. The van der Waals surface area contributed by atoms with Crippen molar-refractivity contribution in [3.05, 3.63) is 29.8 Å². The van der Waals surface area contributed by atoms with Gasteiger partial charge < -0.3 is 10.6 Å². The topological polar surface area (TPSA) is 29.3 Å². The van der Waals surface area contributed by atoms with E-state index in [1.54, 1.807) is 0 Å². The lowest BCUT2D eigenvalue weighted by molar-refractivity contribution is 0.354. The molecule has 0 radical (unpaired) electrons. The first-order valence-corrected chi connectivity index (χ1v) is 5.84. The maximum Gasteiger partial charge on any atom is 0.0445 e. The van der Waals surface area contributed by atoms with E-state index in [-0.39, 0.29) is 0 Å². The zero-order chi connectivity index (χ0) is 10.4. The lowest BCUT2D eigenvalue weighted by Gasteiger charge is -2.28. The van der Waals surface area contributed by atoms with Gasteiger partial charge in [-0.15, -0.1) is 0 Å². The van der Waals surface area contributed by atoms with Crippen LogP contribution < -0.4 is 10.6 Å². The van der Waals surface area contributed by atoms with Gasteiger partial charge in [0, 0.05) is 24.3 Å². The molecular formula is C13H18N2. The summed E-state index contributed by atoms with van der Waals surface area (Å²) >= 11 is 0. The Morgan fingerprint density at radius 2 is 2.20 bits per heavy atom. The fourth-order valence-electron chi connectivity index (χ4n) is 3.17. The van der Waals surface area contributed by atoms with Crippen LogP contribution in [-0.4, -0.2) is 18.6 Å². The Labute approximate surface area is 91.1 Å². The average Bonchev–Trinajstić information content (AvgIpc) is 2.69. The van der Waals surface area contributed by atoms with Crippen LogP contribution in [0.3, 0.4) is 0 Å². The highest BCUT2D eigenvalue weighted by Crippen LogP contribution is 2.47. The molecule has 2 nitrogen and oxygen atoms in total. The van der Waals surface area contributed by atoms with E-state index in [2.05, 4.69) is 36.1 Å². The number of nitrogens with zero attached hydrogens (tertiary/aromatic N) is 1. The fourth-order valence-corrected chi connectivity index (χ4v) is 3.17. The monoisotopic (exact) mass is 202 g/mol. The Hall–Kier alpha value is -1.02. The first kappa shape index (κ1) is 9.22. The van der Waals surface area contributed by atoms with Crippen LogP contribution in [0.5, 0.6) is 0 Å². The Morgan fingerprint density at radius 1 is 1.40 bits per heavy atom. The van der Waals surface area contributed by atoms with Crippen molar-refractivity contribution in [3.8, 4) is 0 Å². The molecule has 2 saturated heterocycles. The standard InChI is InChI=1S/C13H18N2/c1-9-3-2-4-11(5-9)15-12-6-10(7-12)13(15)8-14/h2-5,10,12-13H,6-8,14H2,1H3. The van der Waals surface area contributed by atoms with Crippen LogP contribution in [0.2, 0.25) is 0 Å². The molecule has 3 aliphatic rings. The summed E-state index contributed by atoms with van der Waals surface area (Å²) in [6.07, 6.45) is 2.71. The number of rotatable bonds is 2. The largest absolute Gasteiger partial charge is 0.364 e. The van der Waals surface area contributed by atoms with Gasteiger partial charge in [0.25, 0.3) is 0 Å². The van der Waals surface area contributed by atoms with Gasteiger partial charge in [-0.2, -0.15) is 0 Å². The summed E-state index contributed by atoms with van der Waals surface area (Å²) in [7, 11) is 0. The normalized spacial score (nSPS) is 32.9. The Bertz CT molecular complexity index is 369. The molecule has 1 aromatic carbocycles. The maximum absolute atomic E-state index is 5.88. The van der Waals surface area contributed by atoms with Crippen molar-refractivity contribution < 1.29 is 0 Å². The highest BCUT2D eigenvalue weighted by Gasteiger charge is 2.49. The lowest BCUT2D eigenvalue weighted by Crippen LogP contribution is -2.36. The van der Waals surface area contributed by atoms with Gasteiger partial charge in [0.15, 0.2) is 0 Å². The summed E-state index contributed by atoms with van der Waals surface area (Å²) in [5.74, 6) is 0.862. The summed E-state index contributed by atoms with van der Waals surface area (Å²) in [6, 6.07) is 10.2. The van der Waals surface area contributed by atoms with Gasteiger partial charge in [0.05, 0.1) is 0 Å². The highest BCUT2D eigenvalue weighted by atomic mass is 15.3. The van der Waals surface area contributed by atoms with E-state index in [0.29, 0.717) is 6.04 Å². The van der Waals surface area contributed by atoms with Gasteiger partial charge in [-0.1, -0.05) is 12.1 Å². The van der Waals surface area contributed by atoms with Gasteiger partial charge in [-0.3, -0.25) is 0 Å². The fraction of sp³-hybridized carbons (Fsp3) is 0.538. The zero-order valence-electron chi connectivity index (χ0n) is 9.19. The quantitative estimate of drug-likeness (QED) is 0.794. The molecule has 1 aromatic rings. The Morgan fingerprint density at radius 3 is 2.87 bits per heavy atom. The van der Waals surface area contributed by atoms with Crippen LogP contribution in [0.25, 0.3) is 0 Å². The molecule has 2 heterocycles. The molecule has 0 aromatic heterocycles. The first-order chi connectivity index (χ1) is 7.29. The van der Waals surface area contributed by atoms with Crippen LogP contribution in [-0.2, 0) is 0 Å². The predicted molar refractivity (Wildman–Crippen MR) is 63.0 cm³/mol. The van der Waals surface area contributed by atoms with Crippen LogP contribution >= 0.6 is 0 Å².